The first-order valence-electron chi connectivity index (χ1n) is 6.36. The second kappa shape index (κ2) is 5.87. The lowest BCUT2D eigenvalue weighted by molar-refractivity contribution is -0.121. The molecule has 0 saturated heterocycles. The number of ether oxygens (including phenoxy) is 3. The summed E-state index contributed by atoms with van der Waals surface area (Å²) in [5.74, 6) is 2.10. The molecule has 0 radical (unpaired) electrons. The highest BCUT2D eigenvalue weighted by Crippen LogP contribution is 2.38. The number of hydrogen-bond acceptors (Lipinski definition) is 5. The van der Waals surface area contributed by atoms with E-state index in [9.17, 15) is 4.79 Å². The molecule has 112 valence electrons. The van der Waals surface area contributed by atoms with Gasteiger partial charge in [-0.1, -0.05) is 0 Å². The number of rotatable bonds is 4. The van der Waals surface area contributed by atoms with Crippen molar-refractivity contribution in [2.75, 3.05) is 28.4 Å². The summed E-state index contributed by atoms with van der Waals surface area (Å²) in [5.41, 5.74) is 1.13. The molecule has 1 aromatic rings. The van der Waals surface area contributed by atoms with Gasteiger partial charge in [0.25, 0.3) is 5.91 Å². The summed E-state index contributed by atoms with van der Waals surface area (Å²) in [6.07, 6.45) is 1.69. The third-order valence-electron chi connectivity index (χ3n) is 3.28. The number of aliphatic imine (C=N–C) groups is 1. The molecule has 1 heterocycles. The van der Waals surface area contributed by atoms with Gasteiger partial charge in [-0.3, -0.25) is 9.69 Å². The van der Waals surface area contributed by atoms with Crippen LogP contribution in [0.3, 0.4) is 0 Å². The molecule has 0 saturated carbocycles. The summed E-state index contributed by atoms with van der Waals surface area (Å²) in [5, 5.41) is 0. The van der Waals surface area contributed by atoms with Crippen molar-refractivity contribution in [2.24, 2.45) is 4.99 Å². The molecular weight excluding hydrogens is 272 g/mol. The van der Waals surface area contributed by atoms with Crippen LogP contribution in [-0.2, 0) is 4.79 Å². The van der Waals surface area contributed by atoms with Crippen molar-refractivity contribution >= 4 is 17.8 Å². The summed E-state index contributed by atoms with van der Waals surface area (Å²) >= 11 is 0. The molecule has 1 amide bonds. The Hall–Kier alpha value is -2.50. The number of amides is 1. The van der Waals surface area contributed by atoms with Gasteiger partial charge in [0.15, 0.2) is 11.5 Å². The number of benzene rings is 1. The van der Waals surface area contributed by atoms with Gasteiger partial charge < -0.3 is 14.2 Å². The van der Waals surface area contributed by atoms with E-state index in [0.29, 0.717) is 28.8 Å². The second-order valence-electron chi connectivity index (χ2n) is 4.51. The van der Waals surface area contributed by atoms with E-state index in [4.69, 9.17) is 14.2 Å². The lowest BCUT2D eigenvalue weighted by atomic mass is 10.1. The predicted octanol–water partition coefficient (Wildman–Crippen LogP) is 1.94. The fourth-order valence-electron chi connectivity index (χ4n) is 2.05. The van der Waals surface area contributed by atoms with Crippen molar-refractivity contribution in [3.05, 3.63) is 23.4 Å². The number of hydrogen-bond donors (Lipinski definition) is 0. The lowest BCUT2D eigenvalue weighted by Gasteiger charge is -2.13. The fraction of sp³-hybridized carbons (Fsp3) is 0.333. The quantitative estimate of drug-likeness (QED) is 0.795. The van der Waals surface area contributed by atoms with Crippen molar-refractivity contribution in [3.63, 3.8) is 0 Å². The number of carbonyl (C=O) groups excluding carboxylic acids is 1. The van der Waals surface area contributed by atoms with Crippen LogP contribution in [0.15, 0.2) is 22.8 Å². The Kier molecular flexibility index (Phi) is 4.16. The highest BCUT2D eigenvalue weighted by Gasteiger charge is 2.24. The SMILES string of the molecule is COc1cc(C=C2N=C(C)N(C)C2=O)cc(OC)c1OC. The monoisotopic (exact) mass is 290 g/mol. The van der Waals surface area contributed by atoms with Gasteiger partial charge in [-0.2, -0.15) is 0 Å². The average molecular weight is 290 g/mol. The number of nitrogens with zero attached hydrogens (tertiary/aromatic N) is 2. The van der Waals surface area contributed by atoms with Gasteiger partial charge in [-0.15, -0.1) is 0 Å². The molecule has 0 aromatic heterocycles. The van der Waals surface area contributed by atoms with E-state index in [2.05, 4.69) is 4.99 Å². The minimum atomic E-state index is -0.138. The number of carbonyl (C=O) groups is 1. The smallest absolute Gasteiger partial charge is 0.277 e. The second-order valence-corrected chi connectivity index (χ2v) is 4.51. The maximum absolute atomic E-state index is 12.0. The predicted molar refractivity (Wildman–Crippen MR) is 80.0 cm³/mol. The van der Waals surface area contributed by atoms with Gasteiger partial charge in [0.05, 0.1) is 21.3 Å². The Bertz CT molecular complexity index is 610. The molecule has 0 atom stereocenters. The zero-order valence-electron chi connectivity index (χ0n) is 12.8. The maximum atomic E-state index is 12.0. The molecule has 0 spiro atoms. The van der Waals surface area contributed by atoms with E-state index in [1.54, 1.807) is 53.5 Å². The third kappa shape index (κ3) is 2.69. The first kappa shape index (κ1) is 14.9. The molecule has 0 fully saturated rings. The molecule has 2 rings (SSSR count). The van der Waals surface area contributed by atoms with Crippen LogP contribution in [0, 0.1) is 0 Å². The van der Waals surface area contributed by atoms with Crippen molar-refractivity contribution in [2.45, 2.75) is 6.92 Å². The molecule has 1 aromatic carbocycles. The van der Waals surface area contributed by atoms with Crippen molar-refractivity contribution in [1.29, 1.82) is 0 Å². The molecule has 0 N–H and O–H groups in total. The molecule has 21 heavy (non-hydrogen) atoms. The Balaban J connectivity index is 2.49. The summed E-state index contributed by atoms with van der Waals surface area (Å²) in [6.45, 7) is 1.79. The highest BCUT2D eigenvalue weighted by atomic mass is 16.5. The van der Waals surface area contributed by atoms with Crippen molar-refractivity contribution < 1.29 is 19.0 Å². The van der Waals surface area contributed by atoms with E-state index in [1.165, 1.54) is 4.90 Å². The highest BCUT2D eigenvalue weighted by molar-refractivity contribution is 6.13. The van der Waals surface area contributed by atoms with E-state index in [-0.39, 0.29) is 5.91 Å². The van der Waals surface area contributed by atoms with Crippen LogP contribution in [-0.4, -0.2) is 45.0 Å². The first-order chi connectivity index (χ1) is 10.0. The van der Waals surface area contributed by atoms with Crippen molar-refractivity contribution in [1.82, 2.24) is 4.90 Å². The van der Waals surface area contributed by atoms with Crippen LogP contribution >= 0.6 is 0 Å². The van der Waals surface area contributed by atoms with Gasteiger partial charge in [-0.25, -0.2) is 4.99 Å². The Morgan fingerprint density at radius 3 is 2.05 bits per heavy atom. The minimum absolute atomic E-state index is 0.138. The van der Waals surface area contributed by atoms with Gasteiger partial charge in [0, 0.05) is 7.05 Å². The van der Waals surface area contributed by atoms with Crippen LogP contribution in [0.25, 0.3) is 6.08 Å². The zero-order valence-corrected chi connectivity index (χ0v) is 12.8. The molecular formula is C15H18N2O4. The minimum Gasteiger partial charge on any atom is -0.493 e. The molecule has 1 aliphatic heterocycles. The Morgan fingerprint density at radius 2 is 1.67 bits per heavy atom. The zero-order chi connectivity index (χ0) is 15.6. The normalized spacial score (nSPS) is 16.2. The summed E-state index contributed by atoms with van der Waals surface area (Å²) in [4.78, 5) is 17.8. The topological polar surface area (TPSA) is 60.4 Å². The third-order valence-corrected chi connectivity index (χ3v) is 3.28. The van der Waals surface area contributed by atoms with E-state index in [1.807, 2.05) is 0 Å². The largest absolute Gasteiger partial charge is 0.493 e. The molecule has 6 heteroatoms. The maximum Gasteiger partial charge on any atom is 0.277 e. The molecule has 6 nitrogen and oxygen atoms in total. The van der Waals surface area contributed by atoms with Crippen LogP contribution in [0.1, 0.15) is 12.5 Å². The van der Waals surface area contributed by atoms with E-state index >= 15 is 0 Å². The van der Waals surface area contributed by atoms with E-state index in [0.717, 1.165) is 5.56 Å². The Morgan fingerprint density at radius 1 is 1.10 bits per heavy atom. The lowest BCUT2D eigenvalue weighted by Crippen LogP contribution is -2.25. The van der Waals surface area contributed by atoms with Gasteiger partial charge in [0.2, 0.25) is 5.75 Å². The average Bonchev–Trinajstić information content (AvgIpc) is 2.73. The fourth-order valence-corrected chi connectivity index (χ4v) is 2.05. The summed E-state index contributed by atoms with van der Waals surface area (Å²) in [7, 11) is 6.33. The standard InChI is InChI=1S/C15H18N2O4/c1-9-16-11(15(18)17(9)2)6-10-7-12(19-3)14(21-5)13(8-10)20-4/h6-8H,1-5H3. The van der Waals surface area contributed by atoms with Crippen LogP contribution < -0.4 is 14.2 Å². The van der Waals surface area contributed by atoms with E-state index < -0.39 is 0 Å². The van der Waals surface area contributed by atoms with Gasteiger partial charge >= 0.3 is 0 Å². The summed E-state index contributed by atoms with van der Waals surface area (Å²) in [6, 6.07) is 3.54. The molecule has 0 bridgehead atoms. The molecule has 0 unspecified atom stereocenters. The van der Waals surface area contributed by atoms with Crippen LogP contribution in [0.4, 0.5) is 0 Å². The van der Waals surface area contributed by atoms with Crippen LogP contribution in [0.5, 0.6) is 17.2 Å². The number of likely N-dealkylation sites (N-methyl/N-ethyl adjacent to an activating group) is 1. The number of amidine groups is 1. The van der Waals surface area contributed by atoms with Crippen molar-refractivity contribution in [3.8, 4) is 17.2 Å². The van der Waals surface area contributed by atoms with Gasteiger partial charge in [-0.05, 0) is 30.7 Å². The van der Waals surface area contributed by atoms with Crippen LogP contribution in [0.2, 0.25) is 0 Å². The molecule has 0 aliphatic carbocycles. The number of methoxy groups -OCH3 is 3. The summed E-state index contributed by atoms with van der Waals surface area (Å²) < 4.78 is 15.8. The molecule has 1 aliphatic rings. The first-order valence-corrected chi connectivity index (χ1v) is 6.36. The van der Waals surface area contributed by atoms with Gasteiger partial charge in [0.1, 0.15) is 11.5 Å². The Labute approximate surface area is 123 Å².